The zero-order chi connectivity index (χ0) is 9.84. The molecule has 0 aliphatic rings. The number of benzene rings is 1. The van der Waals surface area contributed by atoms with Crippen LogP contribution in [-0.2, 0) is 0 Å². The molecule has 0 aliphatic carbocycles. The van der Waals surface area contributed by atoms with Crippen molar-refractivity contribution in [3.63, 3.8) is 0 Å². The van der Waals surface area contributed by atoms with E-state index in [9.17, 15) is 10.1 Å². The summed E-state index contributed by atoms with van der Waals surface area (Å²) in [5, 5.41) is 28.1. The van der Waals surface area contributed by atoms with Crippen LogP contribution in [0.3, 0.4) is 0 Å². The van der Waals surface area contributed by atoms with Crippen molar-refractivity contribution in [2.24, 2.45) is 0 Å². The van der Waals surface area contributed by atoms with Crippen LogP contribution in [0.15, 0.2) is 24.3 Å². The number of hydrogen-bond donors (Lipinski definition) is 2. The summed E-state index contributed by atoms with van der Waals surface area (Å²) >= 11 is 0. The second kappa shape index (κ2) is 3.97. The van der Waals surface area contributed by atoms with Gasteiger partial charge in [-0.05, 0) is 5.56 Å². The highest BCUT2D eigenvalue weighted by Gasteiger charge is 2.10. The van der Waals surface area contributed by atoms with Gasteiger partial charge in [0.25, 0.3) is 5.69 Å². The Bertz CT molecular complexity index is 313. The molecule has 0 saturated heterocycles. The number of rotatable bonds is 3. The molecule has 1 aromatic carbocycles. The first kappa shape index (κ1) is 9.63. The molecule has 0 amide bonds. The van der Waals surface area contributed by atoms with E-state index < -0.39 is 17.6 Å². The molecule has 2 N–H and O–H groups in total. The second-order valence-electron chi connectivity index (χ2n) is 2.55. The predicted molar refractivity (Wildman–Crippen MR) is 45.1 cm³/mol. The van der Waals surface area contributed by atoms with Gasteiger partial charge >= 0.3 is 0 Å². The highest BCUT2D eigenvalue weighted by atomic mass is 16.6. The Kier molecular flexibility index (Phi) is 2.94. The van der Waals surface area contributed by atoms with E-state index in [1.54, 1.807) is 0 Å². The van der Waals surface area contributed by atoms with E-state index in [-0.39, 0.29) is 5.69 Å². The molecule has 1 aromatic rings. The van der Waals surface area contributed by atoms with Gasteiger partial charge < -0.3 is 10.2 Å². The Balaban J connectivity index is 2.98. The van der Waals surface area contributed by atoms with Crippen molar-refractivity contribution in [3.05, 3.63) is 39.9 Å². The lowest BCUT2D eigenvalue weighted by molar-refractivity contribution is -0.385. The molecule has 0 spiro atoms. The third-order valence-corrected chi connectivity index (χ3v) is 1.64. The van der Waals surface area contributed by atoms with Gasteiger partial charge in [-0.25, -0.2) is 0 Å². The molecule has 0 radical (unpaired) electrons. The van der Waals surface area contributed by atoms with Crippen LogP contribution in [0.5, 0.6) is 0 Å². The van der Waals surface area contributed by atoms with Crippen molar-refractivity contribution >= 4 is 5.69 Å². The van der Waals surface area contributed by atoms with Crippen LogP contribution in [0.4, 0.5) is 5.69 Å². The van der Waals surface area contributed by atoms with Crippen molar-refractivity contribution in [2.75, 3.05) is 6.61 Å². The highest BCUT2D eigenvalue weighted by Crippen LogP contribution is 2.18. The molecule has 0 unspecified atom stereocenters. The number of aliphatic hydroxyl groups excluding tert-OH is 2. The minimum atomic E-state index is -1.06. The predicted octanol–water partition coefficient (Wildman–Crippen LogP) is 0.620. The molecule has 0 saturated carbocycles. The zero-order valence-corrected chi connectivity index (χ0v) is 6.75. The molecule has 5 nitrogen and oxygen atoms in total. The van der Waals surface area contributed by atoms with E-state index in [4.69, 9.17) is 10.2 Å². The Morgan fingerprint density at radius 3 is 2.77 bits per heavy atom. The lowest BCUT2D eigenvalue weighted by Crippen LogP contribution is -2.02. The Morgan fingerprint density at radius 1 is 1.54 bits per heavy atom. The summed E-state index contributed by atoms with van der Waals surface area (Å²) in [6.07, 6.45) is -1.06. The zero-order valence-electron chi connectivity index (χ0n) is 6.75. The van der Waals surface area contributed by atoms with E-state index in [1.165, 1.54) is 24.3 Å². The largest absolute Gasteiger partial charge is 0.393 e. The average molecular weight is 183 g/mol. The van der Waals surface area contributed by atoms with Crippen LogP contribution in [0.25, 0.3) is 0 Å². The van der Waals surface area contributed by atoms with Crippen LogP contribution in [-0.4, -0.2) is 21.7 Å². The molecule has 0 aromatic heterocycles. The normalized spacial score (nSPS) is 12.5. The van der Waals surface area contributed by atoms with Gasteiger partial charge in [0.2, 0.25) is 0 Å². The second-order valence-corrected chi connectivity index (χ2v) is 2.55. The smallest absolute Gasteiger partial charge is 0.269 e. The van der Waals surface area contributed by atoms with Gasteiger partial charge in [-0.15, -0.1) is 0 Å². The molecule has 1 rings (SSSR count). The Labute approximate surface area is 74.4 Å². The van der Waals surface area contributed by atoms with Crippen LogP contribution in [0, 0.1) is 10.1 Å². The quantitative estimate of drug-likeness (QED) is 0.531. The topological polar surface area (TPSA) is 83.6 Å². The van der Waals surface area contributed by atoms with Crippen molar-refractivity contribution in [2.45, 2.75) is 6.10 Å². The van der Waals surface area contributed by atoms with Crippen LogP contribution < -0.4 is 0 Å². The van der Waals surface area contributed by atoms with E-state index in [0.29, 0.717) is 5.56 Å². The van der Waals surface area contributed by atoms with Crippen molar-refractivity contribution in [1.29, 1.82) is 0 Å². The number of nitrogens with zero attached hydrogens (tertiary/aromatic N) is 1. The number of hydrogen-bond acceptors (Lipinski definition) is 4. The molecule has 0 aliphatic heterocycles. The van der Waals surface area contributed by atoms with Crippen molar-refractivity contribution in [3.8, 4) is 0 Å². The van der Waals surface area contributed by atoms with E-state index in [0.717, 1.165) is 0 Å². The molecule has 0 heterocycles. The van der Waals surface area contributed by atoms with Crippen molar-refractivity contribution in [1.82, 2.24) is 0 Å². The summed E-state index contributed by atoms with van der Waals surface area (Å²) in [6, 6.07) is 5.55. The first-order chi connectivity index (χ1) is 6.15. The van der Waals surface area contributed by atoms with Crippen LogP contribution >= 0.6 is 0 Å². The fourth-order valence-corrected chi connectivity index (χ4v) is 0.951. The van der Waals surface area contributed by atoms with Crippen LogP contribution in [0.1, 0.15) is 11.7 Å². The Hall–Kier alpha value is -1.46. The third-order valence-electron chi connectivity index (χ3n) is 1.64. The summed E-state index contributed by atoms with van der Waals surface area (Å²) in [5.41, 5.74) is 0.252. The van der Waals surface area contributed by atoms with Gasteiger partial charge in [0, 0.05) is 12.1 Å². The van der Waals surface area contributed by atoms with Gasteiger partial charge in [0.1, 0.15) is 6.10 Å². The van der Waals surface area contributed by atoms with Gasteiger partial charge in [-0.2, -0.15) is 0 Å². The maximum Gasteiger partial charge on any atom is 0.269 e. The van der Waals surface area contributed by atoms with E-state index in [1.807, 2.05) is 0 Å². The summed E-state index contributed by atoms with van der Waals surface area (Å²) in [7, 11) is 0. The van der Waals surface area contributed by atoms with Gasteiger partial charge in [-0.1, -0.05) is 12.1 Å². The molecule has 13 heavy (non-hydrogen) atoms. The van der Waals surface area contributed by atoms with Gasteiger partial charge in [0.15, 0.2) is 0 Å². The lowest BCUT2D eigenvalue weighted by atomic mass is 10.1. The molecular formula is C8H9NO4. The molecule has 5 heteroatoms. The van der Waals surface area contributed by atoms with Crippen LogP contribution in [0.2, 0.25) is 0 Å². The van der Waals surface area contributed by atoms with Gasteiger partial charge in [-0.3, -0.25) is 10.1 Å². The maximum atomic E-state index is 10.3. The molecule has 70 valence electrons. The fourth-order valence-electron chi connectivity index (χ4n) is 0.951. The average Bonchev–Trinajstić information content (AvgIpc) is 2.17. The monoisotopic (exact) mass is 183 g/mol. The lowest BCUT2D eigenvalue weighted by Gasteiger charge is -2.05. The standard InChI is InChI=1S/C8H9NO4/c10-5-8(11)6-2-1-3-7(4-6)9(12)13/h1-4,8,10-11H,5H2/t8-/m1/s1. The number of aliphatic hydroxyl groups is 2. The summed E-state index contributed by atoms with van der Waals surface area (Å²) in [5.74, 6) is 0. The van der Waals surface area contributed by atoms with E-state index >= 15 is 0 Å². The Morgan fingerprint density at radius 2 is 2.23 bits per heavy atom. The minimum absolute atomic E-state index is 0.0926. The summed E-state index contributed by atoms with van der Waals surface area (Å²) in [4.78, 5) is 9.78. The molecule has 0 bridgehead atoms. The fraction of sp³-hybridized carbons (Fsp3) is 0.250. The maximum absolute atomic E-state index is 10.3. The summed E-state index contributed by atoms with van der Waals surface area (Å²) < 4.78 is 0. The number of non-ortho nitro benzene ring substituents is 1. The third kappa shape index (κ3) is 2.24. The highest BCUT2D eigenvalue weighted by molar-refractivity contribution is 5.35. The number of nitro benzene ring substituents is 1. The summed E-state index contributed by atoms with van der Waals surface area (Å²) in [6.45, 7) is -0.443. The van der Waals surface area contributed by atoms with Gasteiger partial charge in [0.05, 0.1) is 11.5 Å². The minimum Gasteiger partial charge on any atom is -0.393 e. The number of nitro groups is 1. The molecular weight excluding hydrogens is 174 g/mol. The SMILES string of the molecule is O=[N+]([O-])c1cccc([C@H](O)CO)c1. The van der Waals surface area contributed by atoms with Crippen molar-refractivity contribution < 1.29 is 15.1 Å². The van der Waals surface area contributed by atoms with E-state index in [2.05, 4.69) is 0 Å². The first-order valence-corrected chi connectivity index (χ1v) is 3.68. The molecule has 1 atom stereocenters. The molecule has 0 fully saturated rings. The first-order valence-electron chi connectivity index (χ1n) is 3.68.